The summed E-state index contributed by atoms with van der Waals surface area (Å²) in [5.74, 6) is -0.108. The van der Waals surface area contributed by atoms with Crippen LogP contribution in [0.25, 0.3) is 0 Å². The molecule has 4 nitrogen and oxygen atoms in total. The summed E-state index contributed by atoms with van der Waals surface area (Å²) in [4.78, 5) is 16.3. The molecule has 20 heavy (non-hydrogen) atoms. The Kier molecular flexibility index (Phi) is 3.76. The van der Waals surface area contributed by atoms with Crippen LogP contribution in [0.15, 0.2) is 18.3 Å². The maximum Gasteiger partial charge on any atom is 0.270 e. The van der Waals surface area contributed by atoms with Gasteiger partial charge >= 0.3 is 0 Å². The average Bonchev–Trinajstić information content (AvgIpc) is 2.25. The van der Waals surface area contributed by atoms with Crippen LogP contribution in [-0.2, 0) is 0 Å². The lowest BCUT2D eigenvalue weighted by molar-refractivity contribution is 0.0710. The van der Waals surface area contributed by atoms with E-state index in [0.29, 0.717) is 11.4 Å². The summed E-state index contributed by atoms with van der Waals surface area (Å²) in [5, 5.41) is 3.12. The van der Waals surface area contributed by atoms with Crippen LogP contribution in [0.4, 0.5) is 5.69 Å². The van der Waals surface area contributed by atoms with Crippen LogP contribution in [0.3, 0.4) is 0 Å². The molecule has 0 saturated heterocycles. The van der Waals surface area contributed by atoms with Gasteiger partial charge in [-0.1, -0.05) is 27.7 Å². The molecule has 2 rings (SSSR count). The second-order valence-electron chi connectivity index (χ2n) is 7.56. The maximum atomic E-state index is 12.2. The first-order valence-corrected chi connectivity index (χ1v) is 7.19. The largest absolute Gasteiger partial charge is 0.397 e. The highest BCUT2D eigenvalue weighted by atomic mass is 16.1. The molecule has 3 N–H and O–H groups in total. The van der Waals surface area contributed by atoms with Crippen molar-refractivity contribution in [2.45, 2.75) is 53.0 Å². The highest BCUT2D eigenvalue weighted by molar-refractivity contribution is 5.92. The second kappa shape index (κ2) is 5.08. The van der Waals surface area contributed by atoms with E-state index in [0.717, 1.165) is 12.8 Å². The van der Waals surface area contributed by atoms with Crippen molar-refractivity contribution in [1.82, 2.24) is 10.3 Å². The van der Waals surface area contributed by atoms with Gasteiger partial charge in [-0.05, 0) is 42.2 Å². The third-order valence-corrected chi connectivity index (χ3v) is 3.91. The number of hydrogen-bond acceptors (Lipinski definition) is 3. The molecule has 1 aromatic rings. The molecule has 4 heteroatoms. The zero-order chi connectivity index (χ0) is 15.0. The minimum Gasteiger partial charge on any atom is -0.397 e. The van der Waals surface area contributed by atoms with Gasteiger partial charge in [0.25, 0.3) is 5.91 Å². The SMILES string of the molecule is CC1(C)CC(NC(=O)c2ccc(N)cn2)CC(C)(C)C1. The Morgan fingerprint density at radius 2 is 1.85 bits per heavy atom. The van der Waals surface area contributed by atoms with Crippen LogP contribution in [0.1, 0.15) is 57.4 Å². The normalized spacial score (nSPS) is 21.4. The molecule has 0 atom stereocenters. The van der Waals surface area contributed by atoms with Gasteiger partial charge in [-0.3, -0.25) is 4.79 Å². The molecule has 110 valence electrons. The zero-order valence-corrected chi connectivity index (χ0v) is 12.9. The van der Waals surface area contributed by atoms with Gasteiger partial charge in [0.2, 0.25) is 0 Å². The molecule has 0 spiro atoms. The highest BCUT2D eigenvalue weighted by Crippen LogP contribution is 2.45. The van der Waals surface area contributed by atoms with Crippen molar-refractivity contribution in [3.8, 4) is 0 Å². The lowest BCUT2D eigenvalue weighted by Crippen LogP contribution is -2.46. The van der Waals surface area contributed by atoms with Crippen molar-refractivity contribution in [1.29, 1.82) is 0 Å². The van der Waals surface area contributed by atoms with E-state index >= 15 is 0 Å². The lowest BCUT2D eigenvalue weighted by Gasteiger charge is -2.45. The van der Waals surface area contributed by atoms with Crippen molar-refractivity contribution >= 4 is 11.6 Å². The van der Waals surface area contributed by atoms with Crippen LogP contribution in [0.5, 0.6) is 0 Å². The lowest BCUT2D eigenvalue weighted by atomic mass is 9.63. The summed E-state index contributed by atoms with van der Waals surface area (Å²) in [5.41, 5.74) is 7.11. The molecule has 0 aliphatic heterocycles. The van der Waals surface area contributed by atoms with Crippen LogP contribution in [0.2, 0.25) is 0 Å². The van der Waals surface area contributed by atoms with Crippen molar-refractivity contribution in [3.63, 3.8) is 0 Å². The number of aromatic nitrogens is 1. The molecule has 1 heterocycles. The van der Waals surface area contributed by atoms with E-state index in [9.17, 15) is 4.79 Å². The van der Waals surface area contributed by atoms with E-state index in [1.54, 1.807) is 12.1 Å². The summed E-state index contributed by atoms with van der Waals surface area (Å²) in [6.45, 7) is 9.09. The molecule has 1 amide bonds. The van der Waals surface area contributed by atoms with Gasteiger partial charge in [0, 0.05) is 6.04 Å². The summed E-state index contributed by atoms with van der Waals surface area (Å²) < 4.78 is 0. The maximum absolute atomic E-state index is 12.2. The Bertz CT molecular complexity index is 475. The molecule has 1 aliphatic rings. The van der Waals surface area contributed by atoms with E-state index in [-0.39, 0.29) is 22.8 Å². The summed E-state index contributed by atoms with van der Waals surface area (Å²) in [6, 6.07) is 3.58. The van der Waals surface area contributed by atoms with Crippen LogP contribution in [-0.4, -0.2) is 16.9 Å². The smallest absolute Gasteiger partial charge is 0.270 e. The molecule has 0 radical (unpaired) electrons. The number of nitrogens with two attached hydrogens (primary N) is 1. The van der Waals surface area contributed by atoms with Gasteiger partial charge in [0.05, 0.1) is 11.9 Å². The standard InChI is InChI=1S/C16H25N3O/c1-15(2)7-12(8-16(3,4)10-15)19-14(20)13-6-5-11(17)9-18-13/h5-6,9,12H,7-8,10,17H2,1-4H3,(H,19,20). The molecule has 0 aromatic carbocycles. The number of pyridine rings is 1. The van der Waals surface area contributed by atoms with Gasteiger partial charge in [0.15, 0.2) is 0 Å². The second-order valence-corrected chi connectivity index (χ2v) is 7.56. The molecule has 0 unspecified atom stereocenters. The Labute approximate surface area is 121 Å². The van der Waals surface area contributed by atoms with Crippen LogP contribution < -0.4 is 11.1 Å². The Balaban J connectivity index is 2.05. The number of nitrogens with zero attached hydrogens (tertiary/aromatic N) is 1. The first-order valence-electron chi connectivity index (χ1n) is 7.19. The first kappa shape index (κ1) is 14.8. The number of rotatable bonds is 2. The third kappa shape index (κ3) is 3.71. The number of amides is 1. The topological polar surface area (TPSA) is 68.0 Å². The average molecular weight is 275 g/mol. The Morgan fingerprint density at radius 3 is 2.35 bits per heavy atom. The minimum atomic E-state index is -0.108. The van der Waals surface area contributed by atoms with Crippen molar-refractivity contribution in [2.75, 3.05) is 5.73 Å². The van der Waals surface area contributed by atoms with E-state index in [1.165, 1.54) is 12.6 Å². The molecule has 1 saturated carbocycles. The van der Waals surface area contributed by atoms with Crippen molar-refractivity contribution < 1.29 is 4.79 Å². The Hall–Kier alpha value is -1.58. The molecule has 1 fully saturated rings. The fraction of sp³-hybridized carbons (Fsp3) is 0.625. The van der Waals surface area contributed by atoms with Crippen molar-refractivity contribution in [2.24, 2.45) is 10.8 Å². The van der Waals surface area contributed by atoms with Crippen LogP contribution >= 0.6 is 0 Å². The first-order chi connectivity index (χ1) is 9.17. The molecular weight excluding hydrogens is 250 g/mol. The quantitative estimate of drug-likeness (QED) is 0.871. The third-order valence-electron chi connectivity index (χ3n) is 3.91. The van der Waals surface area contributed by atoms with Crippen LogP contribution in [0, 0.1) is 10.8 Å². The number of carbonyl (C=O) groups is 1. The molecule has 1 aromatic heterocycles. The monoisotopic (exact) mass is 275 g/mol. The van der Waals surface area contributed by atoms with E-state index in [1.807, 2.05) is 0 Å². The Morgan fingerprint density at radius 1 is 1.25 bits per heavy atom. The predicted octanol–water partition coefficient (Wildman–Crippen LogP) is 3.00. The number of hydrogen-bond donors (Lipinski definition) is 2. The summed E-state index contributed by atoms with van der Waals surface area (Å²) >= 11 is 0. The van der Waals surface area contributed by atoms with Gasteiger partial charge in [-0.2, -0.15) is 0 Å². The van der Waals surface area contributed by atoms with E-state index < -0.39 is 0 Å². The fourth-order valence-corrected chi connectivity index (χ4v) is 3.75. The van der Waals surface area contributed by atoms with Gasteiger partial charge < -0.3 is 11.1 Å². The van der Waals surface area contributed by atoms with E-state index in [4.69, 9.17) is 5.73 Å². The van der Waals surface area contributed by atoms with Gasteiger partial charge in [-0.15, -0.1) is 0 Å². The number of nitrogens with one attached hydrogen (secondary N) is 1. The van der Waals surface area contributed by atoms with Gasteiger partial charge in [0.1, 0.15) is 5.69 Å². The highest BCUT2D eigenvalue weighted by Gasteiger charge is 2.38. The predicted molar refractivity (Wildman–Crippen MR) is 81.3 cm³/mol. The summed E-state index contributed by atoms with van der Waals surface area (Å²) in [6.07, 6.45) is 4.73. The summed E-state index contributed by atoms with van der Waals surface area (Å²) in [7, 11) is 0. The molecule has 0 bridgehead atoms. The number of carbonyl (C=O) groups excluding carboxylic acids is 1. The minimum absolute atomic E-state index is 0.108. The van der Waals surface area contributed by atoms with Crippen molar-refractivity contribution in [3.05, 3.63) is 24.0 Å². The molecule has 1 aliphatic carbocycles. The van der Waals surface area contributed by atoms with Gasteiger partial charge in [-0.25, -0.2) is 4.98 Å². The zero-order valence-electron chi connectivity index (χ0n) is 12.9. The van der Waals surface area contributed by atoms with E-state index in [2.05, 4.69) is 38.0 Å². The number of anilines is 1. The number of nitrogen functional groups attached to an aromatic ring is 1. The molecular formula is C16H25N3O. The fourth-order valence-electron chi connectivity index (χ4n) is 3.75.